The first-order chi connectivity index (χ1) is 16.0. The largest absolute Gasteiger partial charge is 0.495 e. The Labute approximate surface area is 194 Å². The topological polar surface area (TPSA) is 99.2 Å². The van der Waals surface area contributed by atoms with Gasteiger partial charge in [-0.2, -0.15) is 5.10 Å². The van der Waals surface area contributed by atoms with E-state index in [1.54, 1.807) is 23.3 Å². The van der Waals surface area contributed by atoms with Gasteiger partial charge in [-0.3, -0.25) is 4.79 Å². The fourth-order valence-electron chi connectivity index (χ4n) is 4.21. The van der Waals surface area contributed by atoms with Crippen molar-refractivity contribution < 1.29 is 9.53 Å². The molecule has 0 saturated carbocycles. The molecule has 0 bridgehead atoms. The van der Waals surface area contributed by atoms with Gasteiger partial charge in [0, 0.05) is 13.1 Å². The van der Waals surface area contributed by atoms with Gasteiger partial charge in [-0.25, -0.2) is 14.6 Å². The van der Waals surface area contributed by atoms with Crippen molar-refractivity contribution in [3.63, 3.8) is 0 Å². The summed E-state index contributed by atoms with van der Waals surface area (Å²) in [5.74, 6) is 7.50. The van der Waals surface area contributed by atoms with Crippen LogP contribution in [0.25, 0.3) is 21.1 Å². The van der Waals surface area contributed by atoms with Gasteiger partial charge >= 0.3 is 0 Å². The fraction of sp³-hybridized carbons (Fsp3) is 0.250. The fourth-order valence-corrected chi connectivity index (χ4v) is 5.19. The van der Waals surface area contributed by atoms with Crippen molar-refractivity contribution in [3.05, 3.63) is 53.3 Å². The minimum atomic E-state index is -0.0847. The zero-order chi connectivity index (χ0) is 23.1. The lowest BCUT2D eigenvalue weighted by Crippen LogP contribution is -2.27. The van der Waals surface area contributed by atoms with Crippen molar-refractivity contribution in [1.29, 1.82) is 0 Å². The van der Waals surface area contributed by atoms with Crippen LogP contribution < -0.4 is 10.5 Å². The summed E-state index contributed by atoms with van der Waals surface area (Å²) < 4.78 is 8.41. The molecule has 9 heteroatoms. The summed E-state index contributed by atoms with van der Waals surface area (Å²) in [5.41, 5.74) is 8.47. The van der Waals surface area contributed by atoms with Crippen LogP contribution in [0.3, 0.4) is 0 Å². The van der Waals surface area contributed by atoms with Crippen LogP contribution in [0.5, 0.6) is 5.75 Å². The molecular weight excluding hydrogens is 436 g/mol. The van der Waals surface area contributed by atoms with Crippen molar-refractivity contribution in [2.24, 2.45) is 0 Å². The highest BCUT2D eigenvalue weighted by Crippen LogP contribution is 2.34. The number of carbonyl (C=O) groups excluding carboxylic acids is 1. The molecule has 2 N–H and O–H groups in total. The van der Waals surface area contributed by atoms with Crippen LogP contribution in [0.15, 0.2) is 37.2 Å². The molecule has 33 heavy (non-hydrogen) atoms. The number of likely N-dealkylation sites (tertiary alicyclic amines) is 1. The maximum absolute atomic E-state index is 12.0. The van der Waals surface area contributed by atoms with Crippen molar-refractivity contribution >= 4 is 44.2 Å². The summed E-state index contributed by atoms with van der Waals surface area (Å²) in [6.45, 7) is 6.79. The number of aromatic nitrogens is 4. The second-order valence-corrected chi connectivity index (χ2v) is 8.98. The van der Waals surface area contributed by atoms with Gasteiger partial charge in [-0.05, 0) is 54.3 Å². The van der Waals surface area contributed by atoms with E-state index < -0.39 is 0 Å². The second kappa shape index (κ2) is 8.22. The van der Waals surface area contributed by atoms with E-state index >= 15 is 0 Å². The van der Waals surface area contributed by atoms with Gasteiger partial charge in [0.15, 0.2) is 5.65 Å². The monoisotopic (exact) mass is 458 g/mol. The van der Waals surface area contributed by atoms with Gasteiger partial charge in [0.2, 0.25) is 5.91 Å². The number of nitrogens with zero attached hydrogens (tertiary/aromatic N) is 5. The number of thiophene rings is 1. The van der Waals surface area contributed by atoms with Crippen LogP contribution >= 0.6 is 11.3 Å². The van der Waals surface area contributed by atoms with E-state index in [9.17, 15) is 4.79 Å². The number of amides is 1. The number of aryl methyl sites for hydroxylation is 1. The number of ether oxygens (including phenoxy) is 1. The maximum atomic E-state index is 12.0. The first-order valence-corrected chi connectivity index (χ1v) is 11.3. The Kier molecular flexibility index (Phi) is 5.23. The highest BCUT2D eigenvalue weighted by atomic mass is 32.1. The molecule has 1 amide bonds. The lowest BCUT2D eigenvalue weighted by Gasteiger charge is -2.14. The van der Waals surface area contributed by atoms with Crippen LogP contribution in [0.4, 0.5) is 5.82 Å². The number of carbonyl (C=O) groups is 1. The first-order valence-electron chi connectivity index (χ1n) is 10.5. The molecule has 4 heterocycles. The van der Waals surface area contributed by atoms with Gasteiger partial charge < -0.3 is 15.4 Å². The predicted molar refractivity (Wildman–Crippen MR) is 129 cm³/mol. The van der Waals surface area contributed by atoms with E-state index in [1.807, 2.05) is 17.7 Å². The van der Waals surface area contributed by atoms with E-state index in [-0.39, 0.29) is 11.9 Å². The Morgan fingerprint density at radius 2 is 2.18 bits per heavy atom. The van der Waals surface area contributed by atoms with Crippen LogP contribution in [-0.4, -0.2) is 50.8 Å². The Hall–Kier alpha value is -3.90. The molecule has 0 radical (unpaired) electrons. The minimum Gasteiger partial charge on any atom is -0.495 e. The molecular formula is C24H22N6O2S. The molecule has 166 valence electrons. The average molecular weight is 459 g/mol. The van der Waals surface area contributed by atoms with E-state index in [0.717, 1.165) is 32.7 Å². The van der Waals surface area contributed by atoms with Crippen LogP contribution in [-0.2, 0) is 4.79 Å². The van der Waals surface area contributed by atoms with Crippen LogP contribution in [0.1, 0.15) is 28.6 Å². The molecule has 8 nitrogen and oxygen atoms in total. The summed E-state index contributed by atoms with van der Waals surface area (Å²) >= 11 is 1.57. The summed E-state index contributed by atoms with van der Waals surface area (Å²) in [5, 5.41) is 6.47. The van der Waals surface area contributed by atoms with Crippen molar-refractivity contribution in [3.8, 4) is 17.6 Å². The molecule has 1 fully saturated rings. The maximum Gasteiger partial charge on any atom is 0.246 e. The summed E-state index contributed by atoms with van der Waals surface area (Å²) in [6, 6.07) is 6.17. The third-order valence-electron chi connectivity index (χ3n) is 5.76. The van der Waals surface area contributed by atoms with Crippen molar-refractivity contribution in [2.75, 3.05) is 25.9 Å². The number of benzene rings is 1. The van der Waals surface area contributed by atoms with Crippen LogP contribution in [0, 0.1) is 18.8 Å². The molecule has 1 aromatic carbocycles. The third kappa shape index (κ3) is 3.68. The van der Waals surface area contributed by atoms with Gasteiger partial charge in [0.25, 0.3) is 0 Å². The number of hydrogen-bond donors (Lipinski definition) is 1. The molecule has 0 spiro atoms. The van der Waals surface area contributed by atoms with E-state index in [0.29, 0.717) is 35.6 Å². The minimum absolute atomic E-state index is 0.0159. The zero-order valence-corrected chi connectivity index (χ0v) is 19.1. The molecule has 4 aromatic rings. The summed E-state index contributed by atoms with van der Waals surface area (Å²) in [7, 11) is 1.67. The Balaban J connectivity index is 1.55. The average Bonchev–Trinajstić information content (AvgIpc) is 3.53. The molecule has 1 aliphatic rings. The highest BCUT2D eigenvalue weighted by molar-refractivity contribution is 7.20. The van der Waals surface area contributed by atoms with Crippen molar-refractivity contribution in [2.45, 2.75) is 19.4 Å². The SMILES string of the molecule is C=CC(=O)N1CC[C@H](n2nc(C#Cc3cc4cc(C)cc(OC)c4s3)c3c(N)ncnc32)C1. The van der Waals surface area contributed by atoms with Gasteiger partial charge in [0.05, 0.1) is 28.1 Å². The Bertz CT molecular complexity index is 1480. The number of methoxy groups -OCH3 is 1. The number of anilines is 1. The molecule has 3 aromatic heterocycles. The molecule has 1 aliphatic heterocycles. The smallest absolute Gasteiger partial charge is 0.246 e. The molecule has 1 saturated heterocycles. The van der Waals surface area contributed by atoms with Gasteiger partial charge in [-0.1, -0.05) is 12.6 Å². The molecule has 1 atom stereocenters. The van der Waals surface area contributed by atoms with Crippen molar-refractivity contribution in [1.82, 2.24) is 24.6 Å². The second-order valence-electron chi connectivity index (χ2n) is 7.93. The molecule has 5 rings (SSSR count). The lowest BCUT2D eigenvalue weighted by molar-refractivity contribution is -0.125. The summed E-state index contributed by atoms with van der Waals surface area (Å²) in [4.78, 5) is 23.2. The quantitative estimate of drug-likeness (QED) is 0.374. The highest BCUT2D eigenvalue weighted by Gasteiger charge is 2.29. The third-order valence-corrected chi connectivity index (χ3v) is 6.85. The molecule has 0 aliphatic carbocycles. The number of hydrogen-bond acceptors (Lipinski definition) is 7. The lowest BCUT2D eigenvalue weighted by atomic mass is 10.1. The number of rotatable bonds is 3. The van der Waals surface area contributed by atoms with Crippen LogP contribution in [0.2, 0.25) is 0 Å². The van der Waals surface area contributed by atoms with E-state index in [1.165, 1.54) is 12.4 Å². The predicted octanol–water partition coefficient (Wildman–Crippen LogP) is 3.30. The zero-order valence-electron chi connectivity index (χ0n) is 18.3. The standard InChI is InChI=1S/C24H22N6O2S/c1-4-20(31)29-8-7-16(12-29)30-24-21(23(25)26-13-27-24)18(28-30)6-5-17-11-15-9-14(2)10-19(32-3)22(15)33-17/h4,9-11,13,16H,1,7-8,12H2,2-3H3,(H2,25,26,27)/t16-/m0/s1. The van der Waals surface area contributed by atoms with Gasteiger partial charge in [0.1, 0.15) is 23.6 Å². The number of nitrogens with two attached hydrogens (primary N) is 1. The summed E-state index contributed by atoms with van der Waals surface area (Å²) in [6.07, 6.45) is 3.53. The first kappa shape index (κ1) is 21.0. The van der Waals surface area contributed by atoms with E-state index in [2.05, 4.69) is 40.5 Å². The number of fused-ring (bicyclic) bond motifs is 2. The Morgan fingerprint density at radius 3 is 2.97 bits per heavy atom. The molecule has 0 unspecified atom stereocenters. The van der Waals surface area contributed by atoms with Gasteiger partial charge in [-0.15, -0.1) is 11.3 Å². The van der Waals surface area contributed by atoms with E-state index in [4.69, 9.17) is 15.6 Å². The Morgan fingerprint density at radius 1 is 1.33 bits per heavy atom. The normalized spacial score (nSPS) is 15.6. The number of nitrogen functional groups attached to an aromatic ring is 1.